The van der Waals surface area contributed by atoms with Crippen molar-refractivity contribution in [3.05, 3.63) is 0 Å². The summed E-state index contributed by atoms with van der Waals surface area (Å²) in [5, 5.41) is 12.9. The van der Waals surface area contributed by atoms with E-state index in [-0.39, 0.29) is 12.1 Å². The second kappa shape index (κ2) is 9.73. The maximum Gasteiger partial charge on any atom is 0.0610 e. The van der Waals surface area contributed by atoms with E-state index in [4.69, 9.17) is 4.74 Å². The molecule has 0 aliphatic heterocycles. The summed E-state index contributed by atoms with van der Waals surface area (Å²) in [5.41, 5.74) is -0.140. The molecule has 0 aliphatic rings. The first kappa shape index (κ1) is 17.8. The van der Waals surface area contributed by atoms with Crippen LogP contribution in [-0.2, 0) is 4.74 Å². The number of hydrogen-bond donors (Lipinski definition) is 2. The number of methoxy groups -OCH3 is 1. The van der Waals surface area contributed by atoms with Crippen LogP contribution in [0.3, 0.4) is 0 Å². The number of unbranched alkanes of at least 4 members (excludes halogenated alkanes) is 1. The molecule has 0 amide bonds. The van der Waals surface area contributed by atoms with E-state index in [1.54, 1.807) is 7.11 Å². The number of hydrogen-bond acceptors (Lipinski definition) is 4. The normalized spacial score (nSPS) is 15.3. The molecule has 2 N–H and O–H groups in total. The third-order valence-corrected chi connectivity index (χ3v) is 3.18. The number of aliphatic hydroxyl groups is 1. The molecule has 4 heteroatoms. The van der Waals surface area contributed by atoms with Gasteiger partial charge in [-0.1, -0.05) is 20.3 Å². The van der Waals surface area contributed by atoms with Crippen LogP contribution in [0.5, 0.6) is 0 Å². The topological polar surface area (TPSA) is 44.7 Å². The molecule has 0 aromatic carbocycles. The van der Waals surface area contributed by atoms with Gasteiger partial charge in [0.2, 0.25) is 0 Å². The van der Waals surface area contributed by atoms with E-state index in [2.05, 4.69) is 38.0 Å². The van der Waals surface area contributed by atoms with Gasteiger partial charge in [-0.15, -0.1) is 0 Å². The summed E-state index contributed by atoms with van der Waals surface area (Å²) in [6.45, 7) is 9.40. The van der Waals surface area contributed by atoms with Gasteiger partial charge in [0.25, 0.3) is 0 Å². The van der Waals surface area contributed by atoms with Gasteiger partial charge < -0.3 is 20.1 Å². The highest BCUT2D eigenvalue weighted by Crippen LogP contribution is 2.14. The Balaban J connectivity index is 3.73. The van der Waals surface area contributed by atoms with Gasteiger partial charge in [-0.3, -0.25) is 0 Å². The Kier molecular flexibility index (Phi) is 9.64. The molecular weight excluding hydrogens is 228 g/mol. The Bertz CT molecular complexity index is 200. The number of nitrogens with zero attached hydrogens (tertiary/aromatic N) is 1. The molecule has 0 aromatic heterocycles. The Morgan fingerprint density at radius 2 is 1.94 bits per heavy atom. The first-order valence-electron chi connectivity index (χ1n) is 6.99. The highest BCUT2D eigenvalue weighted by Gasteiger charge is 2.22. The van der Waals surface area contributed by atoms with E-state index in [1.807, 2.05) is 0 Å². The number of aliphatic hydroxyl groups excluding tert-OH is 1. The lowest BCUT2D eigenvalue weighted by Crippen LogP contribution is -2.49. The summed E-state index contributed by atoms with van der Waals surface area (Å²) >= 11 is 0. The van der Waals surface area contributed by atoms with Crippen LogP contribution in [0, 0.1) is 0 Å². The number of ether oxygens (including phenoxy) is 1. The van der Waals surface area contributed by atoms with Crippen molar-refractivity contribution in [1.29, 1.82) is 0 Å². The van der Waals surface area contributed by atoms with Crippen LogP contribution < -0.4 is 5.32 Å². The van der Waals surface area contributed by atoms with Gasteiger partial charge in [0.1, 0.15) is 0 Å². The molecule has 18 heavy (non-hydrogen) atoms. The first-order valence-corrected chi connectivity index (χ1v) is 6.99. The monoisotopic (exact) mass is 260 g/mol. The van der Waals surface area contributed by atoms with Gasteiger partial charge >= 0.3 is 0 Å². The van der Waals surface area contributed by atoms with Crippen molar-refractivity contribution >= 4 is 0 Å². The van der Waals surface area contributed by atoms with Gasteiger partial charge in [0.05, 0.1) is 13.2 Å². The lowest BCUT2D eigenvalue weighted by molar-refractivity contribution is 0.147. The zero-order chi connectivity index (χ0) is 14.0. The third kappa shape index (κ3) is 8.86. The lowest BCUT2D eigenvalue weighted by Gasteiger charge is -2.31. The van der Waals surface area contributed by atoms with Gasteiger partial charge in [-0.25, -0.2) is 0 Å². The summed E-state index contributed by atoms with van der Waals surface area (Å²) in [4.78, 5) is 2.29. The van der Waals surface area contributed by atoms with Crippen molar-refractivity contribution in [3.8, 4) is 0 Å². The molecule has 4 nitrogen and oxygen atoms in total. The van der Waals surface area contributed by atoms with Gasteiger partial charge in [-0.2, -0.15) is 0 Å². The van der Waals surface area contributed by atoms with Crippen LogP contribution in [0.1, 0.15) is 40.0 Å². The van der Waals surface area contributed by atoms with Gasteiger partial charge in [0, 0.05) is 25.2 Å². The highest BCUT2D eigenvalue weighted by atomic mass is 16.5. The summed E-state index contributed by atoms with van der Waals surface area (Å²) in [6.07, 6.45) is 3.31. The van der Waals surface area contributed by atoms with Crippen molar-refractivity contribution < 1.29 is 9.84 Å². The van der Waals surface area contributed by atoms with Crippen molar-refractivity contribution in [2.45, 2.75) is 51.6 Å². The van der Waals surface area contributed by atoms with Crippen LogP contribution in [0.4, 0.5) is 0 Å². The zero-order valence-corrected chi connectivity index (χ0v) is 12.8. The molecule has 110 valence electrons. The first-order chi connectivity index (χ1) is 8.43. The summed E-state index contributed by atoms with van der Waals surface area (Å²) in [5.74, 6) is 0. The SMILES string of the molecule is COCCN(C)CCCCC(C)(CO)NC(C)C. The predicted octanol–water partition coefficient (Wildman–Crippen LogP) is 1.48. The fraction of sp³-hybridized carbons (Fsp3) is 1.00. The molecule has 0 spiro atoms. The molecule has 0 aromatic rings. The second-order valence-electron chi connectivity index (χ2n) is 5.77. The Morgan fingerprint density at radius 1 is 1.28 bits per heavy atom. The maximum atomic E-state index is 9.47. The van der Waals surface area contributed by atoms with Crippen molar-refractivity contribution in [1.82, 2.24) is 10.2 Å². The smallest absolute Gasteiger partial charge is 0.0610 e. The molecule has 0 saturated heterocycles. The minimum absolute atomic E-state index is 0.140. The Hall–Kier alpha value is -0.160. The number of rotatable bonds is 11. The molecule has 0 radical (unpaired) electrons. The molecule has 0 rings (SSSR count). The fourth-order valence-electron chi connectivity index (χ4n) is 2.15. The summed E-state index contributed by atoms with van der Waals surface area (Å²) < 4.78 is 5.05. The minimum Gasteiger partial charge on any atom is -0.394 e. The highest BCUT2D eigenvalue weighted by molar-refractivity contribution is 4.83. The Morgan fingerprint density at radius 3 is 2.44 bits per heavy atom. The molecule has 0 bridgehead atoms. The molecule has 0 aliphatic carbocycles. The molecule has 0 fully saturated rings. The number of nitrogens with one attached hydrogen (secondary N) is 1. The number of likely N-dealkylation sites (N-methyl/N-ethyl adjacent to an activating group) is 1. The van der Waals surface area contributed by atoms with E-state index in [1.165, 1.54) is 0 Å². The van der Waals surface area contributed by atoms with Gasteiger partial charge in [0.15, 0.2) is 0 Å². The molecule has 1 unspecified atom stereocenters. The van der Waals surface area contributed by atoms with E-state index >= 15 is 0 Å². The van der Waals surface area contributed by atoms with Gasteiger partial charge in [-0.05, 0) is 33.4 Å². The minimum atomic E-state index is -0.140. The van der Waals surface area contributed by atoms with E-state index in [0.717, 1.165) is 39.0 Å². The molecular formula is C14H32N2O2. The Labute approximate surface area is 113 Å². The van der Waals surface area contributed by atoms with Crippen molar-refractivity contribution in [2.24, 2.45) is 0 Å². The van der Waals surface area contributed by atoms with Crippen molar-refractivity contribution in [3.63, 3.8) is 0 Å². The van der Waals surface area contributed by atoms with Crippen LogP contribution in [0.15, 0.2) is 0 Å². The van der Waals surface area contributed by atoms with Crippen LogP contribution in [-0.4, -0.2) is 62.0 Å². The van der Waals surface area contributed by atoms with E-state index < -0.39 is 0 Å². The second-order valence-corrected chi connectivity index (χ2v) is 5.77. The molecule has 1 atom stereocenters. The van der Waals surface area contributed by atoms with Crippen LogP contribution in [0.25, 0.3) is 0 Å². The average Bonchev–Trinajstić information content (AvgIpc) is 2.31. The van der Waals surface area contributed by atoms with Crippen molar-refractivity contribution in [2.75, 3.05) is 40.5 Å². The largest absolute Gasteiger partial charge is 0.394 e. The standard InChI is InChI=1S/C14H32N2O2/c1-13(2)15-14(3,12-17)8-6-7-9-16(4)10-11-18-5/h13,15,17H,6-12H2,1-5H3. The quantitative estimate of drug-likeness (QED) is 0.552. The molecule has 0 heterocycles. The average molecular weight is 260 g/mol. The summed E-state index contributed by atoms with van der Waals surface area (Å²) in [7, 11) is 3.86. The van der Waals surface area contributed by atoms with E-state index in [9.17, 15) is 5.11 Å². The lowest BCUT2D eigenvalue weighted by atomic mass is 9.95. The molecule has 0 saturated carbocycles. The maximum absolute atomic E-state index is 9.47. The van der Waals surface area contributed by atoms with Crippen LogP contribution in [0.2, 0.25) is 0 Å². The summed E-state index contributed by atoms with van der Waals surface area (Å²) in [6, 6.07) is 0.409. The predicted molar refractivity (Wildman–Crippen MR) is 77.0 cm³/mol. The van der Waals surface area contributed by atoms with Crippen LogP contribution >= 0.6 is 0 Å². The zero-order valence-electron chi connectivity index (χ0n) is 12.8. The van der Waals surface area contributed by atoms with E-state index in [0.29, 0.717) is 6.04 Å². The third-order valence-electron chi connectivity index (χ3n) is 3.18. The fourth-order valence-corrected chi connectivity index (χ4v) is 2.15.